The van der Waals surface area contributed by atoms with Gasteiger partial charge in [0.15, 0.2) is 0 Å². The summed E-state index contributed by atoms with van der Waals surface area (Å²) in [5, 5.41) is 2.78. The Kier molecular flexibility index (Phi) is 5.07. The van der Waals surface area contributed by atoms with Gasteiger partial charge in [0, 0.05) is 22.9 Å². The SMILES string of the molecule is C[C@@H](NC(=O)c1ccc(SC(F)(F)F)cc1)c1ccncc1. The van der Waals surface area contributed by atoms with Crippen LogP contribution in [0, 0.1) is 0 Å². The molecule has 1 atom stereocenters. The van der Waals surface area contributed by atoms with E-state index in [0.717, 1.165) is 5.56 Å². The van der Waals surface area contributed by atoms with Gasteiger partial charge in [-0.25, -0.2) is 0 Å². The second kappa shape index (κ2) is 6.83. The zero-order valence-electron chi connectivity index (χ0n) is 11.6. The van der Waals surface area contributed by atoms with Crippen molar-refractivity contribution in [2.45, 2.75) is 23.4 Å². The molecule has 0 radical (unpaired) electrons. The Morgan fingerprint density at radius 2 is 1.73 bits per heavy atom. The molecule has 1 aromatic heterocycles. The van der Waals surface area contributed by atoms with Gasteiger partial charge in [0.25, 0.3) is 5.91 Å². The lowest BCUT2D eigenvalue weighted by Crippen LogP contribution is -2.26. The summed E-state index contributed by atoms with van der Waals surface area (Å²) in [6.45, 7) is 1.82. The number of alkyl halides is 3. The minimum absolute atomic E-state index is 0.0474. The maximum atomic E-state index is 12.2. The van der Waals surface area contributed by atoms with E-state index in [2.05, 4.69) is 10.3 Å². The minimum Gasteiger partial charge on any atom is -0.346 e. The lowest BCUT2D eigenvalue weighted by Gasteiger charge is -2.14. The molecular weight excluding hydrogens is 313 g/mol. The van der Waals surface area contributed by atoms with Crippen LogP contribution in [0.1, 0.15) is 28.9 Å². The fourth-order valence-corrected chi connectivity index (χ4v) is 2.36. The number of benzene rings is 1. The molecule has 0 spiro atoms. The van der Waals surface area contributed by atoms with Crippen LogP contribution >= 0.6 is 11.8 Å². The number of nitrogens with zero attached hydrogens (tertiary/aromatic N) is 1. The number of carbonyl (C=O) groups is 1. The molecule has 1 N–H and O–H groups in total. The number of thioether (sulfide) groups is 1. The summed E-state index contributed by atoms with van der Waals surface area (Å²) in [7, 11) is 0. The van der Waals surface area contributed by atoms with Crippen LogP contribution in [0.15, 0.2) is 53.7 Å². The Hall–Kier alpha value is -2.02. The average Bonchev–Trinajstić information content (AvgIpc) is 2.47. The molecule has 0 unspecified atom stereocenters. The van der Waals surface area contributed by atoms with E-state index < -0.39 is 5.51 Å². The molecule has 0 bridgehead atoms. The smallest absolute Gasteiger partial charge is 0.346 e. The Morgan fingerprint density at radius 3 is 2.27 bits per heavy atom. The van der Waals surface area contributed by atoms with Gasteiger partial charge < -0.3 is 5.32 Å². The zero-order valence-corrected chi connectivity index (χ0v) is 12.4. The molecule has 22 heavy (non-hydrogen) atoms. The van der Waals surface area contributed by atoms with Crippen LogP contribution in [0.5, 0.6) is 0 Å². The van der Waals surface area contributed by atoms with Gasteiger partial charge in [-0.05, 0) is 60.6 Å². The minimum atomic E-state index is -4.33. The van der Waals surface area contributed by atoms with Gasteiger partial charge >= 0.3 is 5.51 Å². The van der Waals surface area contributed by atoms with Gasteiger partial charge in [-0.15, -0.1) is 0 Å². The molecule has 0 aliphatic carbocycles. The third-order valence-corrected chi connectivity index (χ3v) is 3.64. The highest BCUT2D eigenvalue weighted by atomic mass is 32.2. The largest absolute Gasteiger partial charge is 0.446 e. The van der Waals surface area contributed by atoms with E-state index in [1.807, 2.05) is 6.92 Å². The molecule has 0 aliphatic heterocycles. The number of amides is 1. The molecule has 2 rings (SSSR count). The van der Waals surface area contributed by atoms with Crippen molar-refractivity contribution in [3.05, 3.63) is 59.9 Å². The van der Waals surface area contributed by atoms with Gasteiger partial charge in [0.2, 0.25) is 0 Å². The summed E-state index contributed by atoms with van der Waals surface area (Å²) >= 11 is -0.207. The fraction of sp³-hybridized carbons (Fsp3) is 0.200. The van der Waals surface area contributed by atoms with Gasteiger partial charge in [0.1, 0.15) is 0 Å². The third-order valence-electron chi connectivity index (χ3n) is 2.90. The molecule has 1 aromatic carbocycles. The van der Waals surface area contributed by atoms with Crippen LogP contribution < -0.4 is 5.32 Å². The first-order chi connectivity index (χ1) is 10.3. The van der Waals surface area contributed by atoms with Crippen LogP contribution in [0.25, 0.3) is 0 Å². The number of nitrogens with one attached hydrogen (secondary N) is 1. The van der Waals surface area contributed by atoms with E-state index in [1.54, 1.807) is 24.5 Å². The van der Waals surface area contributed by atoms with Crippen molar-refractivity contribution in [2.24, 2.45) is 0 Å². The van der Waals surface area contributed by atoms with Crippen molar-refractivity contribution < 1.29 is 18.0 Å². The van der Waals surface area contributed by atoms with E-state index in [1.165, 1.54) is 24.3 Å². The summed E-state index contributed by atoms with van der Waals surface area (Å²) in [6.07, 6.45) is 3.25. The first-order valence-corrected chi connectivity index (χ1v) is 7.23. The number of rotatable bonds is 4. The fourth-order valence-electron chi connectivity index (χ4n) is 1.82. The van der Waals surface area contributed by atoms with E-state index in [0.29, 0.717) is 5.56 Å². The Morgan fingerprint density at radius 1 is 1.14 bits per heavy atom. The Bertz CT molecular complexity index is 629. The van der Waals surface area contributed by atoms with Gasteiger partial charge in [-0.2, -0.15) is 13.2 Å². The second-order valence-corrected chi connectivity index (χ2v) is 5.69. The topological polar surface area (TPSA) is 42.0 Å². The number of halogens is 3. The Balaban J connectivity index is 2.01. The number of aromatic nitrogens is 1. The third kappa shape index (κ3) is 4.77. The van der Waals surface area contributed by atoms with Crippen LogP contribution in [-0.2, 0) is 0 Å². The quantitative estimate of drug-likeness (QED) is 0.857. The molecule has 0 saturated heterocycles. The molecule has 7 heteroatoms. The van der Waals surface area contributed by atoms with Crippen molar-refractivity contribution >= 4 is 17.7 Å². The molecule has 116 valence electrons. The average molecular weight is 326 g/mol. The first-order valence-electron chi connectivity index (χ1n) is 6.42. The number of hydrogen-bond acceptors (Lipinski definition) is 3. The molecule has 3 nitrogen and oxygen atoms in total. The summed E-state index contributed by atoms with van der Waals surface area (Å²) < 4.78 is 36.7. The molecule has 2 aromatic rings. The van der Waals surface area contributed by atoms with Crippen LogP contribution in [-0.4, -0.2) is 16.4 Å². The highest BCUT2D eigenvalue weighted by Gasteiger charge is 2.29. The lowest BCUT2D eigenvalue weighted by molar-refractivity contribution is -0.0328. The van der Waals surface area contributed by atoms with Gasteiger partial charge in [-0.3, -0.25) is 9.78 Å². The van der Waals surface area contributed by atoms with Crippen LogP contribution in [0.3, 0.4) is 0 Å². The molecule has 1 amide bonds. The normalized spacial score (nSPS) is 12.7. The van der Waals surface area contributed by atoms with Gasteiger partial charge in [-0.1, -0.05) is 0 Å². The maximum Gasteiger partial charge on any atom is 0.446 e. The molecule has 1 heterocycles. The second-order valence-electron chi connectivity index (χ2n) is 4.55. The number of pyridine rings is 1. The van der Waals surface area contributed by atoms with Crippen LogP contribution in [0.2, 0.25) is 0 Å². The van der Waals surface area contributed by atoms with E-state index >= 15 is 0 Å². The lowest BCUT2D eigenvalue weighted by atomic mass is 10.1. The molecular formula is C15H13F3N2OS. The number of carbonyl (C=O) groups excluding carboxylic acids is 1. The number of hydrogen-bond donors (Lipinski definition) is 1. The van der Waals surface area contributed by atoms with Crippen molar-refractivity contribution in [1.82, 2.24) is 10.3 Å². The first kappa shape index (κ1) is 16.4. The summed E-state index contributed by atoms with van der Waals surface area (Å²) in [4.78, 5) is 16.0. The standard InChI is InChI=1S/C15H13F3N2OS/c1-10(11-6-8-19-9-7-11)20-14(21)12-2-4-13(5-3-12)22-15(16,17)18/h2-10H,1H3,(H,20,21)/t10-/m1/s1. The summed E-state index contributed by atoms with van der Waals surface area (Å²) in [6, 6.07) is 8.67. The highest BCUT2D eigenvalue weighted by Crippen LogP contribution is 2.36. The zero-order chi connectivity index (χ0) is 16.2. The maximum absolute atomic E-state index is 12.2. The molecule has 0 fully saturated rings. The summed E-state index contributed by atoms with van der Waals surface area (Å²) in [5.74, 6) is -0.340. The van der Waals surface area contributed by atoms with Crippen molar-refractivity contribution in [3.63, 3.8) is 0 Å². The molecule has 0 saturated carbocycles. The van der Waals surface area contributed by atoms with Crippen molar-refractivity contribution in [1.29, 1.82) is 0 Å². The van der Waals surface area contributed by atoms with E-state index in [9.17, 15) is 18.0 Å². The van der Waals surface area contributed by atoms with E-state index in [-0.39, 0.29) is 28.6 Å². The molecule has 0 aliphatic rings. The highest BCUT2D eigenvalue weighted by molar-refractivity contribution is 8.00. The van der Waals surface area contributed by atoms with E-state index in [4.69, 9.17) is 0 Å². The summed E-state index contributed by atoms with van der Waals surface area (Å²) in [5.41, 5.74) is -3.13. The van der Waals surface area contributed by atoms with Crippen molar-refractivity contribution in [3.8, 4) is 0 Å². The predicted molar refractivity (Wildman–Crippen MR) is 78.5 cm³/mol. The van der Waals surface area contributed by atoms with Crippen molar-refractivity contribution in [2.75, 3.05) is 0 Å². The van der Waals surface area contributed by atoms with Crippen LogP contribution in [0.4, 0.5) is 13.2 Å². The monoisotopic (exact) mass is 326 g/mol. The van der Waals surface area contributed by atoms with Gasteiger partial charge in [0.05, 0.1) is 6.04 Å². The predicted octanol–water partition coefficient (Wildman–Crippen LogP) is 4.18. The Labute approximate surface area is 129 Å².